The molecule has 0 radical (unpaired) electrons. The van der Waals surface area contributed by atoms with E-state index in [1.54, 1.807) is 0 Å². The number of carbonyl (C=O) groups is 1. The average Bonchev–Trinajstić information content (AvgIpc) is 2.88. The van der Waals surface area contributed by atoms with Gasteiger partial charge in [-0.25, -0.2) is 0 Å². The molecule has 1 N–H and O–H groups in total. The van der Waals surface area contributed by atoms with Crippen LogP contribution in [0.3, 0.4) is 0 Å². The molecule has 0 aromatic rings. The van der Waals surface area contributed by atoms with Crippen molar-refractivity contribution in [3.8, 4) is 0 Å². The SMILES string of the molecule is CC(=O)OCC[C@@H]1CCC2(OCCO2)[C@@H]1CO. The Hall–Kier alpha value is -0.650. The minimum Gasteiger partial charge on any atom is -0.466 e. The standard InChI is InChI=1S/C12H20O5/c1-9(14)15-5-3-10-2-4-12(11(10)8-13)16-6-7-17-12/h10-11,13H,2-8H2,1H3/t10-,11+/m0/s1. The summed E-state index contributed by atoms with van der Waals surface area (Å²) in [6.07, 6.45) is 2.54. The van der Waals surface area contributed by atoms with Crippen LogP contribution in [0.2, 0.25) is 0 Å². The summed E-state index contributed by atoms with van der Waals surface area (Å²) in [5.74, 6) is -0.528. The largest absolute Gasteiger partial charge is 0.466 e. The third kappa shape index (κ3) is 2.61. The van der Waals surface area contributed by atoms with Gasteiger partial charge in [-0.3, -0.25) is 4.79 Å². The van der Waals surface area contributed by atoms with E-state index in [2.05, 4.69) is 0 Å². The zero-order valence-electron chi connectivity index (χ0n) is 10.2. The van der Waals surface area contributed by atoms with Crippen molar-refractivity contribution in [1.29, 1.82) is 0 Å². The van der Waals surface area contributed by atoms with Crippen molar-refractivity contribution < 1.29 is 24.1 Å². The van der Waals surface area contributed by atoms with Gasteiger partial charge in [0, 0.05) is 19.3 Å². The van der Waals surface area contributed by atoms with Crippen LogP contribution in [0.15, 0.2) is 0 Å². The van der Waals surface area contributed by atoms with Gasteiger partial charge >= 0.3 is 5.97 Å². The van der Waals surface area contributed by atoms with Crippen LogP contribution in [0.5, 0.6) is 0 Å². The van der Waals surface area contributed by atoms with Gasteiger partial charge in [0.05, 0.1) is 26.4 Å². The number of carbonyl (C=O) groups excluding carboxylic acids is 1. The van der Waals surface area contributed by atoms with E-state index >= 15 is 0 Å². The molecule has 1 aliphatic carbocycles. The molecule has 0 amide bonds. The van der Waals surface area contributed by atoms with E-state index in [0.29, 0.717) is 25.7 Å². The molecule has 1 aliphatic heterocycles. The molecule has 2 aliphatic rings. The van der Waals surface area contributed by atoms with Crippen molar-refractivity contribution in [3.63, 3.8) is 0 Å². The molecule has 1 spiro atoms. The lowest BCUT2D eigenvalue weighted by atomic mass is 9.91. The maximum Gasteiger partial charge on any atom is 0.302 e. The highest BCUT2D eigenvalue weighted by atomic mass is 16.7. The Bertz CT molecular complexity index is 272. The fourth-order valence-electron chi connectivity index (χ4n) is 2.95. The summed E-state index contributed by atoms with van der Waals surface area (Å²) in [7, 11) is 0. The molecule has 0 bridgehead atoms. The van der Waals surface area contributed by atoms with Gasteiger partial charge in [0.1, 0.15) is 0 Å². The van der Waals surface area contributed by atoms with Crippen LogP contribution in [0.25, 0.3) is 0 Å². The molecular formula is C12H20O5. The molecule has 98 valence electrons. The van der Waals surface area contributed by atoms with Crippen LogP contribution in [-0.2, 0) is 19.0 Å². The maximum absolute atomic E-state index is 10.7. The zero-order valence-corrected chi connectivity index (χ0v) is 10.2. The summed E-state index contributed by atoms with van der Waals surface area (Å²) >= 11 is 0. The van der Waals surface area contributed by atoms with Crippen molar-refractivity contribution in [2.24, 2.45) is 11.8 Å². The first-order valence-corrected chi connectivity index (χ1v) is 6.20. The fourth-order valence-corrected chi connectivity index (χ4v) is 2.95. The lowest BCUT2D eigenvalue weighted by Gasteiger charge is -2.30. The smallest absolute Gasteiger partial charge is 0.302 e. The topological polar surface area (TPSA) is 65.0 Å². The van der Waals surface area contributed by atoms with Gasteiger partial charge in [0.15, 0.2) is 5.79 Å². The molecule has 0 aromatic heterocycles. The number of ether oxygens (including phenoxy) is 3. The van der Waals surface area contributed by atoms with Gasteiger partial charge in [-0.2, -0.15) is 0 Å². The Labute approximate surface area is 101 Å². The van der Waals surface area contributed by atoms with Gasteiger partial charge in [0.2, 0.25) is 0 Å². The summed E-state index contributed by atoms with van der Waals surface area (Å²) in [5, 5.41) is 9.50. The van der Waals surface area contributed by atoms with E-state index in [-0.39, 0.29) is 18.5 Å². The highest BCUT2D eigenvalue weighted by molar-refractivity contribution is 5.65. The van der Waals surface area contributed by atoms with Crippen LogP contribution >= 0.6 is 0 Å². The summed E-state index contributed by atoms with van der Waals surface area (Å²) in [6, 6.07) is 0. The summed E-state index contributed by atoms with van der Waals surface area (Å²) < 4.78 is 16.3. The second-order valence-corrected chi connectivity index (χ2v) is 4.73. The lowest BCUT2D eigenvalue weighted by molar-refractivity contribution is -0.194. The van der Waals surface area contributed by atoms with Crippen molar-refractivity contribution in [3.05, 3.63) is 0 Å². The number of hydrogen-bond acceptors (Lipinski definition) is 5. The van der Waals surface area contributed by atoms with E-state index in [1.807, 2.05) is 0 Å². The molecular weight excluding hydrogens is 224 g/mol. The normalized spacial score (nSPS) is 30.9. The monoisotopic (exact) mass is 244 g/mol. The van der Waals surface area contributed by atoms with Crippen molar-refractivity contribution in [2.45, 2.75) is 32.0 Å². The molecule has 0 unspecified atom stereocenters. The molecule has 2 fully saturated rings. The first kappa shape index (κ1) is 12.8. The quantitative estimate of drug-likeness (QED) is 0.737. The maximum atomic E-state index is 10.7. The van der Waals surface area contributed by atoms with Gasteiger partial charge < -0.3 is 19.3 Å². The van der Waals surface area contributed by atoms with E-state index < -0.39 is 5.79 Å². The molecule has 2 atom stereocenters. The molecule has 5 heteroatoms. The molecule has 1 saturated heterocycles. The van der Waals surface area contributed by atoms with Gasteiger partial charge in [-0.1, -0.05) is 0 Å². The summed E-state index contributed by atoms with van der Waals surface area (Å²) in [5.41, 5.74) is 0. The summed E-state index contributed by atoms with van der Waals surface area (Å²) in [4.78, 5) is 10.7. The number of hydrogen-bond donors (Lipinski definition) is 1. The first-order valence-electron chi connectivity index (χ1n) is 6.20. The molecule has 2 rings (SSSR count). The molecule has 0 aromatic carbocycles. The van der Waals surface area contributed by atoms with Gasteiger partial charge in [-0.05, 0) is 18.8 Å². The highest BCUT2D eigenvalue weighted by Crippen LogP contribution is 2.46. The number of esters is 1. The third-order valence-electron chi connectivity index (χ3n) is 3.76. The average molecular weight is 244 g/mol. The van der Waals surface area contributed by atoms with E-state index in [9.17, 15) is 9.90 Å². The molecule has 5 nitrogen and oxygen atoms in total. The Balaban J connectivity index is 1.89. The van der Waals surface area contributed by atoms with Crippen LogP contribution in [0.1, 0.15) is 26.2 Å². The first-order chi connectivity index (χ1) is 8.18. The predicted octanol–water partition coefficient (Wildman–Crippen LogP) is 0.701. The Morgan fingerprint density at radius 3 is 2.76 bits per heavy atom. The Kier molecular flexibility index (Phi) is 4.01. The zero-order chi connectivity index (χ0) is 12.3. The van der Waals surface area contributed by atoms with E-state index in [0.717, 1.165) is 19.3 Å². The Morgan fingerprint density at radius 1 is 1.47 bits per heavy atom. The van der Waals surface area contributed by atoms with Crippen LogP contribution in [0, 0.1) is 11.8 Å². The van der Waals surface area contributed by atoms with Gasteiger partial charge in [-0.15, -0.1) is 0 Å². The minimum atomic E-state index is -0.574. The lowest BCUT2D eigenvalue weighted by Crippen LogP contribution is -2.39. The highest BCUT2D eigenvalue weighted by Gasteiger charge is 2.52. The number of rotatable bonds is 4. The second-order valence-electron chi connectivity index (χ2n) is 4.73. The van der Waals surface area contributed by atoms with Crippen molar-refractivity contribution in [2.75, 3.05) is 26.4 Å². The van der Waals surface area contributed by atoms with Crippen molar-refractivity contribution >= 4 is 5.97 Å². The summed E-state index contributed by atoms with van der Waals surface area (Å²) in [6.45, 7) is 3.08. The van der Waals surface area contributed by atoms with Crippen LogP contribution in [-0.4, -0.2) is 43.3 Å². The Morgan fingerprint density at radius 2 is 2.18 bits per heavy atom. The van der Waals surface area contributed by atoms with Crippen molar-refractivity contribution in [1.82, 2.24) is 0 Å². The molecule has 1 heterocycles. The van der Waals surface area contributed by atoms with Crippen LogP contribution in [0.4, 0.5) is 0 Å². The molecule has 17 heavy (non-hydrogen) atoms. The number of aliphatic hydroxyl groups is 1. The minimum absolute atomic E-state index is 0.000517. The third-order valence-corrected chi connectivity index (χ3v) is 3.76. The molecule has 1 saturated carbocycles. The fraction of sp³-hybridized carbons (Fsp3) is 0.917. The van der Waals surface area contributed by atoms with Crippen LogP contribution < -0.4 is 0 Å². The predicted molar refractivity (Wildman–Crippen MR) is 59.2 cm³/mol. The van der Waals surface area contributed by atoms with E-state index in [4.69, 9.17) is 14.2 Å². The van der Waals surface area contributed by atoms with Gasteiger partial charge in [0.25, 0.3) is 0 Å². The number of aliphatic hydroxyl groups excluding tert-OH is 1. The second kappa shape index (κ2) is 5.33. The van der Waals surface area contributed by atoms with E-state index in [1.165, 1.54) is 6.92 Å².